The number of methoxy groups -OCH3 is 1. The molecule has 4 heteroatoms. The average molecular weight is 355 g/mol. The largest absolute Gasteiger partial charge is 0.497 e. The fraction of sp³-hybridized carbons (Fsp3) is 0.409. The maximum Gasteiger partial charge on any atom is 0.261 e. The minimum Gasteiger partial charge on any atom is -0.497 e. The lowest BCUT2D eigenvalue weighted by Gasteiger charge is -2.19. The van der Waals surface area contributed by atoms with Crippen molar-refractivity contribution >= 4 is 5.91 Å². The Balaban J connectivity index is 1.82. The summed E-state index contributed by atoms with van der Waals surface area (Å²) in [6.07, 6.45) is 1.94. The fourth-order valence-electron chi connectivity index (χ4n) is 2.76. The Labute approximate surface area is 156 Å². The molecule has 2 aromatic rings. The highest BCUT2D eigenvalue weighted by Gasteiger charge is 2.18. The van der Waals surface area contributed by atoms with Crippen molar-refractivity contribution in [1.29, 1.82) is 0 Å². The van der Waals surface area contributed by atoms with Crippen LogP contribution in [0.2, 0.25) is 0 Å². The molecule has 0 fully saturated rings. The normalized spacial score (nSPS) is 11.7. The highest BCUT2D eigenvalue weighted by atomic mass is 16.5. The van der Waals surface area contributed by atoms with Gasteiger partial charge in [0, 0.05) is 6.54 Å². The number of hydrogen-bond acceptors (Lipinski definition) is 3. The Hall–Kier alpha value is -2.49. The zero-order valence-corrected chi connectivity index (χ0v) is 16.2. The minimum absolute atomic E-state index is 0.0564. The summed E-state index contributed by atoms with van der Waals surface area (Å²) in [5.74, 6) is 1.59. The first-order valence-electron chi connectivity index (χ1n) is 9.18. The third kappa shape index (κ3) is 5.80. The van der Waals surface area contributed by atoms with Crippen LogP contribution in [0.5, 0.6) is 11.5 Å². The zero-order valence-electron chi connectivity index (χ0n) is 16.2. The molecule has 0 radical (unpaired) electrons. The summed E-state index contributed by atoms with van der Waals surface area (Å²) in [7, 11) is 1.67. The summed E-state index contributed by atoms with van der Waals surface area (Å²) < 4.78 is 11.2. The molecule has 0 aliphatic heterocycles. The molecule has 0 aromatic heterocycles. The Morgan fingerprint density at radius 3 is 2.69 bits per heavy atom. The summed E-state index contributed by atoms with van der Waals surface area (Å²) in [5.41, 5.74) is 3.37. The van der Waals surface area contributed by atoms with Crippen LogP contribution in [0.25, 0.3) is 0 Å². The molecule has 0 bridgehead atoms. The third-order valence-corrected chi connectivity index (χ3v) is 4.35. The Kier molecular flexibility index (Phi) is 7.52. The Bertz CT molecular complexity index is 727. The van der Waals surface area contributed by atoms with Crippen molar-refractivity contribution < 1.29 is 14.3 Å². The predicted octanol–water partition coefficient (Wildman–Crippen LogP) is 4.22. The lowest BCUT2D eigenvalue weighted by atomic mass is 10.1. The van der Waals surface area contributed by atoms with Gasteiger partial charge in [-0.15, -0.1) is 0 Å². The summed E-state index contributed by atoms with van der Waals surface area (Å²) >= 11 is 0. The molecule has 0 saturated carbocycles. The lowest BCUT2D eigenvalue weighted by molar-refractivity contribution is -0.128. The molecule has 1 N–H and O–H groups in total. The van der Waals surface area contributed by atoms with Gasteiger partial charge in [0.25, 0.3) is 5.91 Å². The number of carbonyl (C=O) groups excluding carboxylic acids is 1. The van der Waals surface area contributed by atoms with E-state index >= 15 is 0 Å². The summed E-state index contributed by atoms with van der Waals surface area (Å²) in [5, 5.41) is 2.99. The summed E-state index contributed by atoms with van der Waals surface area (Å²) in [6, 6.07) is 14.1. The van der Waals surface area contributed by atoms with Crippen molar-refractivity contribution in [3.8, 4) is 11.5 Å². The molecule has 2 rings (SSSR count). The van der Waals surface area contributed by atoms with E-state index in [9.17, 15) is 4.79 Å². The first-order chi connectivity index (χ1) is 12.5. The number of nitrogens with one attached hydrogen (secondary N) is 1. The van der Waals surface area contributed by atoms with Crippen molar-refractivity contribution in [3.63, 3.8) is 0 Å². The summed E-state index contributed by atoms with van der Waals surface area (Å²) in [4.78, 5) is 12.4. The van der Waals surface area contributed by atoms with Gasteiger partial charge in [-0.1, -0.05) is 31.2 Å². The van der Waals surface area contributed by atoms with Crippen LogP contribution < -0.4 is 14.8 Å². The van der Waals surface area contributed by atoms with Crippen LogP contribution in [0, 0.1) is 13.8 Å². The van der Waals surface area contributed by atoms with Crippen LogP contribution in [-0.2, 0) is 11.2 Å². The maximum atomic E-state index is 12.4. The first-order valence-corrected chi connectivity index (χ1v) is 9.18. The van der Waals surface area contributed by atoms with Crippen molar-refractivity contribution in [2.75, 3.05) is 13.7 Å². The van der Waals surface area contributed by atoms with Crippen LogP contribution in [0.3, 0.4) is 0 Å². The molecule has 0 spiro atoms. The van der Waals surface area contributed by atoms with Crippen LogP contribution in [0.1, 0.15) is 36.5 Å². The molecule has 0 heterocycles. The van der Waals surface area contributed by atoms with E-state index in [1.165, 1.54) is 5.56 Å². The smallest absolute Gasteiger partial charge is 0.261 e. The van der Waals surface area contributed by atoms with E-state index < -0.39 is 6.10 Å². The quantitative estimate of drug-likeness (QED) is 0.685. The molecule has 1 atom stereocenters. The van der Waals surface area contributed by atoms with Crippen molar-refractivity contribution in [2.24, 2.45) is 0 Å². The van der Waals surface area contributed by atoms with E-state index in [-0.39, 0.29) is 5.91 Å². The van der Waals surface area contributed by atoms with Gasteiger partial charge in [0.05, 0.1) is 7.11 Å². The van der Waals surface area contributed by atoms with E-state index in [0.717, 1.165) is 35.5 Å². The third-order valence-electron chi connectivity index (χ3n) is 4.35. The van der Waals surface area contributed by atoms with Gasteiger partial charge in [-0.2, -0.15) is 0 Å². The molecule has 2 aromatic carbocycles. The van der Waals surface area contributed by atoms with E-state index in [4.69, 9.17) is 9.47 Å². The molecule has 0 aliphatic rings. The molecule has 0 saturated heterocycles. The zero-order chi connectivity index (χ0) is 18.9. The van der Waals surface area contributed by atoms with Crippen molar-refractivity contribution in [3.05, 3.63) is 59.2 Å². The van der Waals surface area contributed by atoms with Crippen LogP contribution in [0.15, 0.2) is 42.5 Å². The molecule has 26 heavy (non-hydrogen) atoms. The molecule has 1 unspecified atom stereocenters. The van der Waals surface area contributed by atoms with Gasteiger partial charge in [0.2, 0.25) is 0 Å². The number of hydrogen-bond donors (Lipinski definition) is 1. The number of aryl methyl sites for hydroxylation is 3. The predicted molar refractivity (Wildman–Crippen MR) is 105 cm³/mol. The number of amides is 1. The second-order valence-corrected chi connectivity index (χ2v) is 6.53. The Morgan fingerprint density at radius 1 is 1.15 bits per heavy atom. The summed E-state index contributed by atoms with van der Waals surface area (Å²) in [6.45, 7) is 6.60. The van der Waals surface area contributed by atoms with Crippen molar-refractivity contribution in [1.82, 2.24) is 5.32 Å². The molecule has 0 aliphatic carbocycles. The van der Waals surface area contributed by atoms with E-state index in [1.807, 2.05) is 57.2 Å². The van der Waals surface area contributed by atoms with Gasteiger partial charge in [0.15, 0.2) is 6.10 Å². The average Bonchev–Trinajstić information content (AvgIpc) is 2.65. The monoisotopic (exact) mass is 355 g/mol. The molecule has 1 amide bonds. The van der Waals surface area contributed by atoms with E-state index in [2.05, 4.69) is 11.4 Å². The Morgan fingerprint density at radius 2 is 1.96 bits per heavy atom. The van der Waals surface area contributed by atoms with Crippen LogP contribution >= 0.6 is 0 Å². The molecule has 140 valence electrons. The number of carbonyl (C=O) groups is 1. The second kappa shape index (κ2) is 9.85. The number of benzene rings is 2. The standard InChI is InChI=1S/C22H29NO3/c1-5-20(26-21-14-16(2)11-12-17(21)3)22(24)23-13-7-9-18-8-6-10-19(15-18)25-4/h6,8,10-12,14-15,20H,5,7,9,13H2,1-4H3,(H,23,24). The maximum absolute atomic E-state index is 12.4. The van der Waals surface area contributed by atoms with Crippen LogP contribution in [0.4, 0.5) is 0 Å². The van der Waals surface area contributed by atoms with Gasteiger partial charge in [-0.05, 0) is 68.0 Å². The molecular formula is C22H29NO3. The van der Waals surface area contributed by atoms with Gasteiger partial charge in [-0.25, -0.2) is 0 Å². The van der Waals surface area contributed by atoms with E-state index in [1.54, 1.807) is 7.11 Å². The van der Waals surface area contributed by atoms with Gasteiger partial charge in [-0.3, -0.25) is 4.79 Å². The van der Waals surface area contributed by atoms with Gasteiger partial charge < -0.3 is 14.8 Å². The minimum atomic E-state index is -0.465. The first kappa shape index (κ1) is 19.8. The van der Waals surface area contributed by atoms with Crippen molar-refractivity contribution in [2.45, 2.75) is 46.1 Å². The lowest BCUT2D eigenvalue weighted by Crippen LogP contribution is -2.38. The molecular weight excluding hydrogens is 326 g/mol. The van der Waals surface area contributed by atoms with Gasteiger partial charge >= 0.3 is 0 Å². The van der Waals surface area contributed by atoms with Gasteiger partial charge in [0.1, 0.15) is 11.5 Å². The highest BCUT2D eigenvalue weighted by molar-refractivity contribution is 5.81. The van der Waals surface area contributed by atoms with E-state index in [0.29, 0.717) is 13.0 Å². The van der Waals surface area contributed by atoms with Crippen LogP contribution in [-0.4, -0.2) is 25.7 Å². The fourth-order valence-corrected chi connectivity index (χ4v) is 2.76. The molecule has 4 nitrogen and oxygen atoms in total. The second-order valence-electron chi connectivity index (χ2n) is 6.53. The highest BCUT2D eigenvalue weighted by Crippen LogP contribution is 2.21. The number of ether oxygens (including phenoxy) is 2. The number of rotatable bonds is 9. The topological polar surface area (TPSA) is 47.6 Å². The SMILES string of the molecule is CCC(Oc1cc(C)ccc1C)C(=O)NCCCc1cccc(OC)c1.